The third-order valence-electron chi connectivity index (χ3n) is 3.17. The van der Waals surface area contributed by atoms with Gasteiger partial charge in [-0.3, -0.25) is 9.59 Å². The molecule has 3 N–H and O–H groups in total. The van der Waals surface area contributed by atoms with Gasteiger partial charge >= 0.3 is 0 Å². The number of para-hydroxylation sites is 1. The summed E-state index contributed by atoms with van der Waals surface area (Å²) in [4.78, 5) is 23.3. The predicted molar refractivity (Wildman–Crippen MR) is 84.9 cm³/mol. The van der Waals surface area contributed by atoms with Crippen molar-refractivity contribution in [2.75, 3.05) is 11.1 Å². The molecule has 0 heterocycles. The highest BCUT2D eigenvalue weighted by Gasteiger charge is 2.27. The van der Waals surface area contributed by atoms with Gasteiger partial charge in [-0.15, -0.1) is 11.8 Å². The first kappa shape index (κ1) is 19.7. The van der Waals surface area contributed by atoms with Gasteiger partial charge in [0.2, 0.25) is 17.6 Å². The molecule has 0 aliphatic rings. The Bertz CT molecular complexity index is 847. The lowest BCUT2D eigenvalue weighted by Gasteiger charge is -2.11. The number of hydrogen-bond acceptors (Lipinski definition) is 3. The number of rotatable bonds is 6. The van der Waals surface area contributed by atoms with Crippen molar-refractivity contribution in [3.8, 4) is 0 Å². The van der Waals surface area contributed by atoms with E-state index >= 15 is 0 Å². The fraction of sp³-hybridized carbons (Fsp3) is 0.125. The number of hydrogen-bond donors (Lipinski definition) is 2. The molecule has 0 saturated heterocycles. The third-order valence-corrected chi connectivity index (χ3v) is 4.26. The maximum atomic E-state index is 13.6. The van der Waals surface area contributed by atoms with Crippen LogP contribution in [0.1, 0.15) is 5.56 Å². The maximum Gasteiger partial charge on any atom is 0.229 e. The molecule has 138 valence electrons. The summed E-state index contributed by atoms with van der Waals surface area (Å²) in [7, 11) is 0. The van der Waals surface area contributed by atoms with E-state index in [1.807, 2.05) is 0 Å². The Labute approximate surface area is 148 Å². The molecule has 10 heteroatoms. The molecule has 2 aromatic carbocycles. The van der Waals surface area contributed by atoms with Crippen molar-refractivity contribution < 1.29 is 31.5 Å². The zero-order valence-electron chi connectivity index (χ0n) is 12.9. The predicted octanol–water partition coefficient (Wildman–Crippen LogP) is 3.14. The van der Waals surface area contributed by atoms with Crippen molar-refractivity contribution in [2.24, 2.45) is 5.73 Å². The van der Waals surface area contributed by atoms with E-state index in [1.165, 1.54) is 6.07 Å². The van der Waals surface area contributed by atoms with Gasteiger partial charge in [-0.25, -0.2) is 22.0 Å². The van der Waals surface area contributed by atoms with Gasteiger partial charge in [0, 0.05) is 10.5 Å². The molecule has 0 aliphatic heterocycles. The van der Waals surface area contributed by atoms with Gasteiger partial charge in [0.1, 0.15) is 0 Å². The quantitative estimate of drug-likeness (QED) is 0.345. The molecule has 0 unspecified atom stereocenters. The summed E-state index contributed by atoms with van der Waals surface area (Å²) < 4.78 is 66.6. The van der Waals surface area contributed by atoms with Crippen LogP contribution in [0.2, 0.25) is 0 Å². The van der Waals surface area contributed by atoms with Gasteiger partial charge < -0.3 is 11.1 Å². The largest absolute Gasteiger partial charge is 0.369 e. The second kappa shape index (κ2) is 8.17. The van der Waals surface area contributed by atoms with Crippen molar-refractivity contribution >= 4 is 29.3 Å². The Morgan fingerprint density at radius 3 is 2.04 bits per heavy atom. The molecule has 0 aliphatic carbocycles. The molecular formula is C16H11F5N2O2S. The van der Waals surface area contributed by atoms with Gasteiger partial charge in [-0.05, 0) is 12.1 Å². The molecule has 0 saturated carbocycles. The van der Waals surface area contributed by atoms with Crippen molar-refractivity contribution in [3.05, 3.63) is 58.9 Å². The smallest absolute Gasteiger partial charge is 0.229 e. The number of halogens is 5. The lowest BCUT2D eigenvalue weighted by Crippen LogP contribution is -2.19. The van der Waals surface area contributed by atoms with Gasteiger partial charge in [0.25, 0.3) is 0 Å². The third kappa shape index (κ3) is 4.31. The average molecular weight is 390 g/mol. The normalized spacial score (nSPS) is 10.7. The van der Waals surface area contributed by atoms with Crippen LogP contribution in [0.4, 0.5) is 27.6 Å². The minimum absolute atomic E-state index is 0.0788. The molecular weight excluding hydrogens is 379 g/mol. The molecule has 0 bridgehead atoms. The van der Waals surface area contributed by atoms with Crippen LogP contribution in [0, 0.1) is 29.1 Å². The number of primary amides is 1. The molecule has 0 radical (unpaired) electrons. The second-order valence-corrected chi connectivity index (χ2v) is 6.04. The molecule has 2 aromatic rings. The lowest BCUT2D eigenvalue weighted by atomic mass is 10.1. The molecule has 2 rings (SSSR count). The minimum Gasteiger partial charge on any atom is -0.369 e. The zero-order valence-corrected chi connectivity index (χ0v) is 13.7. The van der Waals surface area contributed by atoms with Crippen LogP contribution in [0.5, 0.6) is 0 Å². The number of nitrogens with two attached hydrogens (primary N) is 1. The van der Waals surface area contributed by atoms with Crippen LogP contribution in [-0.4, -0.2) is 17.6 Å². The summed E-state index contributed by atoms with van der Waals surface area (Å²) in [5.74, 6) is -12.3. The average Bonchev–Trinajstić information content (AvgIpc) is 2.61. The molecule has 0 fully saturated rings. The first-order valence-electron chi connectivity index (χ1n) is 7.02. The highest BCUT2D eigenvalue weighted by atomic mass is 32.2. The van der Waals surface area contributed by atoms with Crippen LogP contribution in [0.15, 0.2) is 29.2 Å². The Morgan fingerprint density at radius 1 is 0.923 bits per heavy atom. The van der Waals surface area contributed by atoms with E-state index in [9.17, 15) is 31.5 Å². The van der Waals surface area contributed by atoms with Gasteiger partial charge in [-0.2, -0.15) is 0 Å². The van der Waals surface area contributed by atoms with E-state index in [1.54, 1.807) is 18.2 Å². The summed E-state index contributed by atoms with van der Waals surface area (Å²) in [5.41, 5.74) is 4.00. The highest BCUT2D eigenvalue weighted by molar-refractivity contribution is 8.00. The van der Waals surface area contributed by atoms with Crippen molar-refractivity contribution in [3.63, 3.8) is 0 Å². The standard InChI is InChI=1S/C16H11F5N2O2S/c17-12-7(13(18)15(20)16(21)14(12)19)5-11(25)23-8-3-1-2-4-9(8)26-6-10(22)24/h1-4H,5-6H2,(H2,22,24)(H,23,25). The number of anilines is 1. The second-order valence-electron chi connectivity index (χ2n) is 5.02. The molecule has 26 heavy (non-hydrogen) atoms. The van der Waals surface area contributed by atoms with Gasteiger partial charge in [0.15, 0.2) is 23.3 Å². The molecule has 4 nitrogen and oxygen atoms in total. The Hall–Kier alpha value is -2.62. The Kier molecular flexibility index (Phi) is 6.19. The maximum absolute atomic E-state index is 13.6. The van der Waals surface area contributed by atoms with Crippen LogP contribution in [-0.2, 0) is 16.0 Å². The van der Waals surface area contributed by atoms with E-state index < -0.39 is 52.9 Å². The summed E-state index contributed by atoms with van der Waals surface area (Å²) in [6, 6.07) is 6.16. The molecule has 0 spiro atoms. The SMILES string of the molecule is NC(=O)CSc1ccccc1NC(=O)Cc1c(F)c(F)c(F)c(F)c1F. The lowest BCUT2D eigenvalue weighted by molar-refractivity contribution is -0.116. The summed E-state index contributed by atoms with van der Waals surface area (Å²) >= 11 is 1.01. The number of benzene rings is 2. The number of thioether (sulfide) groups is 1. The first-order valence-corrected chi connectivity index (χ1v) is 8.01. The van der Waals surface area contributed by atoms with Crippen LogP contribution in [0.3, 0.4) is 0 Å². The van der Waals surface area contributed by atoms with E-state index in [0.29, 0.717) is 4.90 Å². The number of carbonyl (C=O) groups excluding carboxylic acids is 2. The van der Waals surface area contributed by atoms with Crippen LogP contribution in [0.25, 0.3) is 0 Å². The minimum atomic E-state index is -2.29. The first-order chi connectivity index (χ1) is 12.2. The van der Waals surface area contributed by atoms with E-state index in [4.69, 9.17) is 5.73 Å². The summed E-state index contributed by atoms with van der Waals surface area (Å²) in [6.45, 7) is 0. The fourth-order valence-electron chi connectivity index (χ4n) is 2.01. The van der Waals surface area contributed by atoms with Crippen LogP contribution < -0.4 is 11.1 Å². The topological polar surface area (TPSA) is 72.2 Å². The van der Waals surface area contributed by atoms with Gasteiger partial charge in [-0.1, -0.05) is 12.1 Å². The van der Waals surface area contributed by atoms with Crippen LogP contribution >= 0.6 is 11.8 Å². The molecule has 2 amide bonds. The number of nitrogens with one attached hydrogen (secondary N) is 1. The monoisotopic (exact) mass is 390 g/mol. The molecule has 0 aromatic heterocycles. The molecule has 0 atom stereocenters. The van der Waals surface area contributed by atoms with E-state index in [2.05, 4.69) is 5.32 Å². The Morgan fingerprint density at radius 2 is 1.46 bits per heavy atom. The number of amides is 2. The highest BCUT2D eigenvalue weighted by Crippen LogP contribution is 2.28. The Balaban J connectivity index is 2.22. The fourth-order valence-corrected chi connectivity index (χ4v) is 2.75. The summed E-state index contributed by atoms with van der Waals surface area (Å²) in [6.07, 6.45) is -1.07. The van der Waals surface area contributed by atoms with E-state index in [0.717, 1.165) is 11.8 Å². The van der Waals surface area contributed by atoms with Crippen molar-refractivity contribution in [2.45, 2.75) is 11.3 Å². The summed E-state index contributed by atoms with van der Waals surface area (Å²) in [5, 5.41) is 2.31. The van der Waals surface area contributed by atoms with Crippen molar-refractivity contribution in [1.29, 1.82) is 0 Å². The van der Waals surface area contributed by atoms with E-state index in [-0.39, 0.29) is 11.4 Å². The zero-order chi connectivity index (χ0) is 19.4. The number of carbonyl (C=O) groups is 2. The van der Waals surface area contributed by atoms with Gasteiger partial charge in [0.05, 0.1) is 17.9 Å². The van der Waals surface area contributed by atoms with Crippen molar-refractivity contribution in [1.82, 2.24) is 0 Å².